The minimum Gasteiger partial charge on any atom is -0.388 e. The van der Waals surface area contributed by atoms with Gasteiger partial charge in [0.2, 0.25) is 0 Å². The van der Waals surface area contributed by atoms with Crippen molar-refractivity contribution >= 4 is 23.1 Å². The van der Waals surface area contributed by atoms with E-state index in [9.17, 15) is 4.79 Å². The molecule has 4 heteroatoms. The molecule has 0 aliphatic rings. The third kappa shape index (κ3) is 3.51. The van der Waals surface area contributed by atoms with Gasteiger partial charge in [-0.05, 0) is 55.3 Å². The molecule has 0 aliphatic heterocycles. The lowest BCUT2D eigenvalue weighted by atomic mass is 10.1. The Balaban J connectivity index is 2.03. The molecule has 2 rings (SSSR count). The first-order valence-electron chi connectivity index (χ1n) is 6.51. The largest absolute Gasteiger partial charge is 0.388 e. The maximum absolute atomic E-state index is 11.9. The summed E-state index contributed by atoms with van der Waals surface area (Å²) in [6, 6.07) is 13.1. The Morgan fingerprint density at radius 2 is 1.50 bits per heavy atom. The molecule has 0 aromatic heterocycles. The Kier molecular flexibility index (Phi) is 4.25. The first kappa shape index (κ1) is 13.9. The summed E-state index contributed by atoms with van der Waals surface area (Å²) in [5.74, 6) is 0. The number of hydrogen-bond acceptors (Lipinski definition) is 2. The second kappa shape index (κ2) is 6.10. The predicted octanol–water partition coefficient (Wildman–Crippen LogP) is 3.99. The van der Waals surface area contributed by atoms with Gasteiger partial charge in [-0.1, -0.05) is 12.1 Å². The van der Waals surface area contributed by atoms with Gasteiger partial charge in [0, 0.05) is 24.1 Å². The van der Waals surface area contributed by atoms with Gasteiger partial charge in [-0.3, -0.25) is 0 Å². The van der Waals surface area contributed by atoms with Gasteiger partial charge in [-0.25, -0.2) is 4.79 Å². The summed E-state index contributed by atoms with van der Waals surface area (Å²) < 4.78 is 0. The number of aryl methyl sites for hydroxylation is 2. The van der Waals surface area contributed by atoms with E-state index in [0.29, 0.717) is 0 Å². The number of benzene rings is 2. The number of hydrogen-bond donors (Lipinski definition) is 3. The maximum Gasteiger partial charge on any atom is 0.323 e. The molecule has 0 saturated heterocycles. The van der Waals surface area contributed by atoms with Crippen molar-refractivity contribution in [2.24, 2.45) is 0 Å². The van der Waals surface area contributed by atoms with E-state index in [1.807, 2.05) is 63.4 Å². The molecule has 0 fully saturated rings. The van der Waals surface area contributed by atoms with Crippen molar-refractivity contribution in [1.29, 1.82) is 0 Å². The Labute approximate surface area is 119 Å². The molecule has 104 valence electrons. The van der Waals surface area contributed by atoms with Crippen LogP contribution in [0.1, 0.15) is 11.1 Å². The molecule has 20 heavy (non-hydrogen) atoms. The molecular weight excluding hydrogens is 250 g/mol. The van der Waals surface area contributed by atoms with Crippen LogP contribution in [0.4, 0.5) is 21.9 Å². The Hall–Kier alpha value is -2.49. The maximum atomic E-state index is 11.9. The zero-order chi connectivity index (χ0) is 14.5. The summed E-state index contributed by atoms with van der Waals surface area (Å²) in [7, 11) is 1.84. The molecule has 3 N–H and O–H groups in total. The summed E-state index contributed by atoms with van der Waals surface area (Å²) in [6.45, 7) is 4.07. The van der Waals surface area contributed by atoms with E-state index in [1.54, 1.807) is 0 Å². The SMILES string of the molecule is CNc1cccc(NC(=O)Nc2ccc(C)c(C)c2)c1. The van der Waals surface area contributed by atoms with Crippen molar-refractivity contribution in [3.05, 3.63) is 53.6 Å². The smallest absolute Gasteiger partial charge is 0.323 e. The summed E-state index contributed by atoms with van der Waals surface area (Å²) >= 11 is 0. The fourth-order valence-electron chi connectivity index (χ4n) is 1.87. The minimum absolute atomic E-state index is 0.249. The van der Waals surface area contributed by atoms with E-state index in [0.717, 1.165) is 22.6 Å². The van der Waals surface area contributed by atoms with Crippen LogP contribution in [0.15, 0.2) is 42.5 Å². The lowest BCUT2D eigenvalue weighted by Gasteiger charge is -2.10. The van der Waals surface area contributed by atoms with E-state index in [-0.39, 0.29) is 6.03 Å². The monoisotopic (exact) mass is 269 g/mol. The van der Waals surface area contributed by atoms with E-state index in [2.05, 4.69) is 16.0 Å². The van der Waals surface area contributed by atoms with Gasteiger partial charge < -0.3 is 16.0 Å². The van der Waals surface area contributed by atoms with E-state index >= 15 is 0 Å². The third-order valence-corrected chi connectivity index (χ3v) is 3.17. The standard InChI is InChI=1S/C16H19N3O/c1-11-7-8-15(9-12(11)2)19-16(20)18-14-6-4-5-13(10-14)17-3/h4-10,17H,1-3H3,(H2,18,19,20). The molecule has 0 heterocycles. The average molecular weight is 269 g/mol. The number of rotatable bonds is 3. The van der Waals surface area contributed by atoms with Crippen molar-refractivity contribution in [1.82, 2.24) is 0 Å². The highest BCUT2D eigenvalue weighted by Crippen LogP contribution is 2.16. The van der Waals surface area contributed by atoms with Crippen molar-refractivity contribution < 1.29 is 4.79 Å². The Morgan fingerprint density at radius 1 is 0.850 bits per heavy atom. The highest BCUT2D eigenvalue weighted by Gasteiger charge is 2.04. The van der Waals surface area contributed by atoms with E-state index in [1.165, 1.54) is 5.56 Å². The van der Waals surface area contributed by atoms with Crippen LogP contribution in [0.2, 0.25) is 0 Å². The van der Waals surface area contributed by atoms with Crippen molar-refractivity contribution in [2.75, 3.05) is 23.0 Å². The van der Waals surface area contributed by atoms with Crippen LogP contribution in [0, 0.1) is 13.8 Å². The summed E-state index contributed by atoms with van der Waals surface area (Å²) in [5, 5.41) is 8.67. The minimum atomic E-state index is -0.249. The van der Waals surface area contributed by atoms with E-state index in [4.69, 9.17) is 0 Å². The third-order valence-electron chi connectivity index (χ3n) is 3.17. The van der Waals surface area contributed by atoms with Crippen molar-refractivity contribution in [2.45, 2.75) is 13.8 Å². The molecule has 4 nitrogen and oxygen atoms in total. The number of carbonyl (C=O) groups is 1. The number of carbonyl (C=O) groups excluding carboxylic acids is 1. The van der Waals surface area contributed by atoms with Crippen molar-refractivity contribution in [3.63, 3.8) is 0 Å². The molecule has 2 amide bonds. The molecule has 0 spiro atoms. The van der Waals surface area contributed by atoms with Crippen LogP contribution in [0.25, 0.3) is 0 Å². The topological polar surface area (TPSA) is 53.2 Å². The molecule has 0 atom stereocenters. The lowest BCUT2D eigenvalue weighted by molar-refractivity contribution is 0.262. The normalized spacial score (nSPS) is 9.95. The fraction of sp³-hybridized carbons (Fsp3) is 0.188. The van der Waals surface area contributed by atoms with Gasteiger partial charge in [-0.15, -0.1) is 0 Å². The predicted molar refractivity (Wildman–Crippen MR) is 84.5 cm³/mol. The molecule has 2 aromatic rings. The molecule has 2 aromatic carbocycles. The van der Waals surface area contributed by atoms with Gasteiger partial charge in [-0.2, -0.15) is 0 Å². The molecule has 0 unspecified atom stereocenters. The molecule has 0 radical (unpaired) electrons. The zero-order valence-electron chi connectivity index (χ0n) is 11.9. The summed E-state index contributed by atoms with van der Waals surface area (Å²) in [4.78, 5) is 11.9. The molecule has 0 aliphatic carbocycles. The molecule has 0 saturated carbocycles. The first-order valence-corrected chi connectivity index (χ1v) is 6.51. The number of nitrogens with one attached hydrogen (secondary N) is 3. The van der Waals surface area contributed by atoms with Gasteiger partial charge in [0.25, 0.3) is 0 Å². The summed E-state index contributed by atoms with van der Waals surface area (Å²) in [5.41, 5.74) is 4.85. The van der Waals surface area contributed by atoms with Crippen LogP contribution in [0.5, 0.6) is 0 Å². The molecule has 0 bridgehead atoms. The molecular formula is C16H19N3O. The average Bonchev–Trinajstić information content (AvgIpc) is 2.43. The first-order chi connectivity index (χ1) is 9.58. The van der Waals surface area contributed by atoms with Crippen LogP contribution in [0.3, 0.4) is 0 Å². The number of amides is 2. The number of urea groups is 1. The van der Waals surface area contributed by atoms with Crippen LogP contribution in [-0.2, 0) is 0 Å². The second-order valence-corrected chi connectivity index (χ2v) is 4.71. The van der Waals surface area contributed by atoms with Gasteiger partial charge >= 0.3 is 6.03 Å². The second-order valence-electron chi connectivity index (χ2n) is 4.71. The summed E-state index contributed by atoms with van der Waals surface area (Å²) in [6.07, 6.45) is 0. The zero-order valence-corrected chi connectivity index (χ0v) is 11.9. The van der Waals surface area contributed by atoms with Crippen LogP contribution < -0.4 is 16.0 Å². The fourth-order valence-corrected chi connectivity index (χ4v) is 1.87. The van der Waals surface area contributed by atoms with E-state index < -0.39 is 0 Å². The highest BCUT2D eigenvalue weighted by molar-refractivity contribution is 6.00. The van der Waals surface area contributed by atoms with Crippen LogP contribution >= 0.6 is 0 Å². The highest BCUT2D eigenvalue weighted by atomic mass is 16.2. The number of anilines is 3. The van der Waals surface area contributed by atoms with Crippen LogP contribution in [-0.4, -0.2) is 13.1 Å². The Bertz CT molecular complexity index is 623. The van der Waals surface area contributed by atoms with Gasteiger partial charge in [0.1, 0.15) is 0 Å². The Morgan fingerprint density at radius 3 is 2.15 bits per heavy atom. The lowest BCUT2D eigenvalue weighted by Crippen LogP contribution is -2.19. The van der Waals surface area contributed by atoms with Gasteiger partial charge in [0.05, 0.1) is 0 Å². The van der Waals surface area contributed by atoms with Crippen molar-refractivity contribution in [3.8, 4) is 0 Å². The van der Waals surface area contributed by atoms with Gasteiger partial charge in [0.15, 0.2) is 0 Å². The quantitative estimate of drug-likeness (QED) is 0.789.